The van der Waals surface area contributed by atoms with Crippen LogP contribution in [0.1, 0.15) is 17.4 Å². The molecule has 0 amide bonds. The second kappa shape index (κ2) is 4.59. The van der Waals surface area contributed by atoms with E-state index in [-0.39, 0.29) is 11.1 Å². The van der Waals surface area contributed by atoms with Crippen LogP contribution in [0.5, 0.6) is 0 Å². The molecule has 1 aromatic carbocycles. The van der Waals surface area contributed by atoms with Crippen LogP contribution in [0, 0.1) is 5.82 Å². The molecule has 0 saturated heterocycles. The van der Waals surface area contributed by atoms with Crippen LogP contribution in [-0.2, 0) is 6.42 Å². The molecular weight excluding hydrogens is 231 g/mol. The normalized spacial score (nSPS) is 12.7. The molecule has 1 atom stereocenters. The minimum absolute atomic E-state index is 0.108. The standard InChI is InChI=1S/C10H10ClFN4/c11-7-2-1-6(3-8(7)12)4-9(13)10-14-5-15-16-10/h1-3,5,9H,4,13H2,(H,14,15,16). The van der Waals surface area contributed by atoms with Crippen molar-refractivity contribution < 1.29 is 4.39 Å². The number of aromatic amines is 1. The maximum absolute atomic E-state index is 13.2. The third kappa shape index (κ3) is 2.37. The zero-order valence-corrected chi connectivity index (χ0v) is 9.08. The summed E-state index contributed by atoms with van der Waals surface area (Å²) in [6.45, 7) is 0. The van der Waals surface area contributed by atoms with E-state index in [2.05, 4.69) is 15.2 Å². The highest BCUT2D eigenvalue weighted by molar-refractivity contribution is 6.30. The fourth-order valence-corrected chi connectivity index (χ4v) is 1.53. The highest BCUT2D eigenvalue weighted by atomic mass is 35.5. The first-order valence-electron chi connectivity index (χ1n) is 4.71. The van der Waals surface area contributed by atoms with Crippen LogP contribution in [0.15, 0.2) is 24.5 Å². The molecule has 84 valence electrons. The summed E-state index contributed by atoms with van der Waals surface area (Å²) in [7, 11) is 0. The number of nitrogens with two attached hydrogens (primary N) is 1. The van der Waals surface area contributed by atoms with Gasteiger partial charge in [0.2, 0.25) is 0 Å². The van der Waals surface area contributed by atoms with E-state index in [0.29, 0.717) is 12.2 Å². The summed E-state index contributed by atoms with van der Waals surface area (Å²) in [6.07, 6.45) is 1.86. The van der Waals surface area contributed by atoms with Gasteiger partial charge in [0.25, 0.3) is 0 Å². The number of benzene rings is 1. The maximum Gasteiger partial charge on any atom is 0.142 e. The molecule has 0 aliphatic rings. The van der Waals surface area contributed by atoms with Crippen molar-refractivity contribution in [3.05, 3.63) is 46.8 Å². The number of rotatable bonds is 3. The Morgan fingerprint density at radius 3 is 2.94 bits per heavy atom. The first-order chi connectivity index (χ1) is 7.66. The zero-order chi connectivity index (χ0) is 11.5. The van der Waals surface area contributed by atoms with Crippen molar-refractivity contribution in [1.29, 1.82) is 0 Å². The predicted octanol–water partition coefficient (Wildman–Crippen LogP) is 1.84. The molecule has 0 bridgehead atoms. The molecule has 0 spiro atoms. The molecule has 1 unspecified atom stereocenters. The molecular formula is C10H10ClFN4. The summed E-state index contributed by atoms with van der Waals surface area (Å²) in [4.78, 5) is 3.94. The lowest BCUT2D eigenvalue weighted by atomic mass is 10.1. The average molecular weight is 241 g/mol. The average Bonchev–Trinajstić information content (AvgIpc) is 2.77. The minimum Gasteiger partial charge on any atom is -0.321 e. The van der Waals surface area contributed by atoms with Crippen LogP contribution < -0.4 is 5.73 Å². The predicted molar refractivity (Wildman–Crippen MR) is 58.4 cm³/mol. The number of hydrogen-bond acceptors (Lipinski definition) is 3. The van der Waals surface area contributed by atoms with E-state index >= 15 is 0 Å². The third-order valence-corrected chi connectivity index (χ3v) is 2.53. The van der Waals surface area contributed by atoms with Gasteiger partial charge in [-0.15, -0.1) is 0 Å². The fourth-order valence-electron chi connectivity index (χ4n) is 1.41. The van der Waals surface area contributed by atoms with Crippen LogP contribution in [-0.4, -0.2) is 15.2 Å². The summed E-state index contributed by atoms with van der Waals surface area (Å²) < 4.78 is 13.2. The van der Waals surface area contributed by atoms with Crippen LogP contribution >= 0.6 is 11.6 Å². The van der Waals surface area contributed by atoms with Gasteiger partial charge in [-0.05, 0) is 24.1 Å². The molecule has 0 saturated carbocycles. The first-order valence-corrected chi connectivity index (χ1v) is 5.09. The second-order valence-electron chi connectivity index (χ2n) is 3.43. The van der Waals surface area contributed by atoms with Gasteiger partial charge in [-0.3, -0.25) is 5.10 Å². The zero-order valence-electron chi connectivity index (χ0n) is 8.32. The summed E-state index contributed by atoms with van der Waals surface area (Å²) in [5.74, 6) is 0.138. The van der Waals surface area contributed by atoms with Gasteiger partial charge in [0.15, 0.2) is 0 Å². The number of nitrogens with one attached hydrogen (secondary N) is 1. The number of halogens is 2. The van der Waals surface area contributed by atoms with E-state index in [1.165, 1.54) is 18.5 Å². The Morgan fingerprint density at radius 2 is 2.31 bits per heavy atom. The number of aromatic nitrogens is 3. The van der Waals surface area contributed by atoms with E-state index < -0.39 is 5.82 Å². The number of nitrogens with zero attached hydrogens (tertiary/aromatic N) is 2. The quantitative estimate of drug-likeness (QED) is 0.860. The highest BCUT2D eigenvalue weighted by Gasteiger charge is 2.11. The smallest absolute Gasteiger partial charge is 0.142 e. The van der Waals surface area contributed by atoms with Crippen LogP contribution in [0.4, 0.5) is 4.39 Å². The molecule has 4 nitrogen and oxygen atoms in total. The monoisotopic (exact) mass is 240 g/mol. The lowest BCUT2D eigenvalue weighted by Gasteiger charge is -2.08. The largest absolute Gasteiger partial charge is 0.321 e. The molecule has 0 aliphatic carbocycles. The van der Waals surface area contributed by atoms with E-state index in [1.807, 2.05) is 0 Å². The summed E-state index contributed by atoms with van der Waals surface area (Å²) in [6, 6.07) is 4.29. The van der Waals surface area contributed by atoms with E-state index in [4.69, 9.17) is 17.3 Å². The molecule has 16 heavy (non-hydrogen) atoms. The van der Waals surface area contributed by atoms with Gasteiger partial charge in [0, 0.05) is 0 Å². The van der Waals surface area contributed by atoms with Crippen LogP contribution in [0.2, 0.25) is 5.02 Å². The lowest BCUT2D eigenvalue weighted by Crippen LogP contribution is -2.15. The van der Waals surface area contributed by atoms with Crippen molar-refractivity contribution in [2.24, 2.45) is 5.73 Å². The molecule has 3 N–H and O–H groups in total. The third-order valence-electron chi connectivity index (χ3n) is 2.22. The Bertz CT molecular complexity index is 472. The Morgan fingerprint density at radius 1 is 1.50 bits per heavy atom. The van der Waals surface area contributed by atoms with Gasteiger partial charge in [-0.1, -0.05) is 17.7 Å². The summed E-state index contributed by atoms with van der Waals surface area (Å²) in [5, 5.41) is 6.49. The van der Waals surface area contributed by atoms with Crippen molar-refractivity contribution in [3.63, 3.8) is 0 Å². The number of hydrogen-bond donors (Lipinski definition) is 2. The molecule has 2 rings (SSSR count). The van der Waals surface area contributed by atoms with Gasteiger partial charge in [-0.25, -0.2) is 9.37 Å². The number of H-pyrrole nitrogens is 1. The Hall–Kier alpha value is -1.46. The van der Waals surface area contributed by atoms with Crippen molar-refractivity contribution in [2.75, 3.05) is 0 Å². The Balaban J connectivity index is 2.12. The molecule has 0 radical (unpaired) electrons. The van der Waals surface area contributed by atoms with Crippen LogP contribution in [0.25, 0.3) is 0 Å². The molecule has 1 heterocycles. The SMILES string of the molecule is NC(Cc1ccc(Cl)c(F)c1)c1ncn[nH]1. The van der Waals surface area contributed by atoms with E-state index in [9.17, 15) is 4.39 Å². The van der Waals surface area contributed by atoms with Gasteiger partial charge >= 0.3 is 0 Å². The Kier molecular flexibility index (Phi) is 3.17. The van der Waals surface area contributed by atoms with Gasteiger partial charge < -0.3 is 5.73 Å². The van der Waals surface area contributed by atoms with Crippen molar-refractivity contribution in [1.82, 2.24) is 15.2 Å². The minimum atomic E-state index is -0.441. The highest BCUT2D eigenvalue weighted by Crippen LogP contribution is 2.18. The molecule has 0 fully saturated rings. The Labute approximate surface area is 96.6 Å². The van der Waals surface area contributed by atoms with Gasteiger partial charge in [0.1, 0.15) is 18.0 Å². The fraction of sp³-hybridized carbons (Fsp3) is 0.200. The van der Waals surface area contributed by atoms with Crippen molar-refractivity contribution >= 4 is 11.6 Å². The molecule has 2 aromatic rings. The molecule has 6 heteroatoms. The summed E-state index contributed by atoms with van der Waals surface area (Å²) >= 11 is 5.58. The topological polar surface area (TPSA) is 67.6 Å². The second-order valence-corrected chi connectivity index (χ2v) is 3.84. The van der Waals surface area contributed by atoms with E-state index in [1.54, 1.807) is 6.07 Å². The van der Waals surface area contributed by atoms with Crippen molar-refractivity contribution in [3.8, 4) is 0 Å². The summed E-state index contributed by atoms with van der Waals surface area (Å²) in [5.41, 5.74) is 6.64. The molecule has 1 aromatic heterocycles. The lowest BCUT2D eigenvalue weighted by molar-refractivity contribution is 0.619. The first kappa shape index (κ1) is 11.0. The van der Waals surface area contributed by atoms with Crippen molar-refractivity contribution in [2.45, 2.75) is 12.5 Å². The van der Waals surface area contributed by atoms with Gasteiger partial charge in [-0.2, -0.15) is 5.10 Å². The van der Waals surface area contributed by atoms with E-state index in [0.717, 1.165) is 5.56 Å². The maximum atomic E-state index is 13.2. The van der Waals surface area contributed by atoms with Gasteiger partial charge in [0.05, 0.1) is 11.1 Å². The van der Waals surface area contributed by atoms with Crippen LogP contribution in [0.3, 0.4) is 0 Å². The molecule has 0 aliphatic heterocycles.